The maximum Gasteiger partial charge on any atom is 0.169 e. The van der Waals surface area contributed by atoms with Crippen molar-refractivity contribution in [2.45, 2.75) is 0 Å². The average Bonchev–Trinajstić information content (AvgIpc) is 1.90. The Balaban J connectivity index is 0.000000810. The third kappa shape index (κ3) is 2.47. The van der Waals surface area contributed by atoms with Gasteiger partial charge in [-0.25, -0.2) is 4.57 Å². The van der Waals surface area contributed by atoms with E-state index in [0.717, 1.165) is 5.56 Å². The topological polar surface area (TPSA) is 3.88 Å². The highest BCUT2D eigenvalue weighted by Crippen LogP contribution is 1.94. The molecule has 1 aromatic rings. The number of nitrogens with zero attached hydrogens (tertiary/aromatic N) is 1. The lowest BCUT2D eigenvalue weighted by atomic mass is 10.3. The lowest BCUT2D eigenvalue weighted by Crippen LogP contribution is -3.00. The molecule has 1 nitrogen and oxygen atoms in total. The van der Waals surface area contributed by atoms with Crippen molar-refractivity contribution in [3.05, 3.63) is 36.7 Å². The molecule has 0 fully saturated rings. The van der Waals surface area contributed by atoms with Crippen LogP contribution in [0.4, 0.5) is 0 Å². The predicted octanol–water partition coefficient (Wildman–Crippen LogP) is -1.84. The van der Waals surface area contributed by atoms with Gasteiger partial charge in [0.25, 0.3) is 0 Å². The molecule has 0 unspecified atom stereocenters. The third-order valence-corrected chi connectivity index (χ3v) is 1.24. The number of hydrogen-bond acceptors (Lipinski definition) is 0. The molecule has 0 aliphatic heterocycles. The maximum atomic E-state index is 3.65. The summed E-state index contributed by atoms with van der Waals surface area (Å²) in [6.45, 7) is 3.65. The first-order valence-corrected chi connectivity index (χ1v) is 2.90. The molecule has 0 atom stereocenters. The van der Waals surface area contributed by atoms with Crippen molar-refractivity contribution >= 4 is 6.08 Å². The second-order valence-corrected chi connectivity index (χ2v) is 2.00. The SMILES string of the molecule is C=Cc1cc[n+](C)cc1.[I-]. The number of pyridine rings is 1. The fourth-order valence-electron chi connectivity index (χ4n) is 0.649. The molecule has 0 aromatic carbocycles. The van der Waals surface area contributed by atoms with Crippen LogP contribution in [0.15, 0.2) is 31.1 Å². The molecular weight excluding hydrogens is 237 g/mol. The van der Waals surface area contributed by atoms with Crippen LogP contribution in [0, 0.1) is 0 Å². The number of rotatable bonds is 1. The van der Waals surface area contributed by atoms with Crippen molar-refractivity contribution in [1.29, 1.82) is 0 Å². The molecule has 0 spiro atoms. The van der Waals surface area contributed by atoms with Crippen molar-refractivity contribution in [3.8, 4) is 0 Å². The maximum absolute atomic E-state index is 3.65. The number of hydrogen-bond donors (Lipinski definition) is 0. The lowest BCUT2D eigenvalue weighted by Gasteiger charge is -1.86. The molecule has 0 aliphatic rings. The minimum atomic E-state index is 0. The average molecular weight is 247 g/mol. The Morgan fingerprint density at radius 1 is 1.40 bits per heavy atom. The Bertz CT molecular complexity index is 203. The van der Waals surface area contributed by atoms with Crippen LogP contribution < -0.4 is 28.5 Å². The van der Waals surface area contributed by atoms with E-state index in [9.17, 15) is 0 Å². The Morgan fingerprint density at radius 3 is 2.30 bits per heavy atom. The summed E-state index contributed by atoms with van der Waals surface area (Å²) in [6, 6.07) is 4.04. The summed E-state index contributed by atoms with van der Waals surface area (Å²) in [6.07, 6.45) is 5.83. The van der Waals surface area contributed by atoms with Crippen LogP contribution in [-0.4, -0.2) is 0 Å². The van der Waals surface area contributed by atoms with Crippen LogP contribution in [0.3, 0.4) is 0 Å². The Hall–Kier alpha value is -0.380. The van der Waals surface area contributed by atoms with Crippen molar-refractivity contribution in [2.24, 2.45) is 7.05 Å². The van der Waals surface area contributed by atoms with Crippen LogP contribution in [0.1, 0.15) is 5.56 Å². The van der Waals surface area contributed by atoms with Crippen LogP contribution in [0.25, 0.3) is 6.08 Å². The largest absolute Gasteiger partial charge is 1.00 e. The predicted molar refractivity (Wildman–Crippen MR) is 37.7 cm³/mol. The van der Waals surface area contributed by atoms with Crippen LogP contribution in [0.2, 0.25) is 0 Å². The lowest BCUT2D eigenvalue weighted by molar-refractivity contribution is -0.671. The van der Waals surface area contributed by atoms with E-state index in [4.69, 9.17) is 0 Å². The van der Waals surface area contributed by atoms with Gasteiger partial charge in [-0.15, -0.1) is 0 Å². The first-order chi connectivity index (χ1) is 4.33. The minimum absolute atomic E-state index is 0. The molecule has 2 heteroatoms. The molecule has 0 aliphatic carbocycles. The highest BCUT2D eigenvalue weighted by atomic mass is 127. The number of aryl methyl sites for hydroxylation is 1. The van der Waals surface area contributed by atoms with Crippen molar-refractivity contribution in [1.82, 2.24) is 0 Å². The van der Waals surface area contributed by atoms with E-state index in [1.165, 1.54) is 0 Å². The zero-order valence-corrected chi connectivity index (χ0v) is 8.08. The van der Waals surface area contributed by atoms with Crippen LogP contribution in [-0.2, 0) is 7.05 Å². The highest BCUT2D eigenvalue weighted by molar-refractivity contribution is 5.44. The molecule has 10 heavy (non-hydrogen) atoms. The standard InChI is InChI=1S/C8H10N.HI/c1-3-8-4-6-9(2)7-5-8;/h3-7H,1H2,2H3;1H/q+1;/p-1. The van der Waals surface area contributed by atoms with Gasteiger partial charge in [0.15, 0.2) is 12.4 Å². The van der Waals surface area contributed by atoms with E-state index in [-0.39, 0.29) is 24.0 Å². The molecule has 0 saturated heterocycles. The summed E-state index contributed by atoms with van der Waals surface area (Å²) in [4.78, 5) is 0. The summed E-state index contributed by atoms with van der Waals surface area (Å²) in [7, 11) is 1.99. The van der Waals surface area contributed by atoms with Crippen molar-refractivity contribution in [3.63, 3.8) is 0 Å². The van der Waals surface area contributed by atoms with Gasteiger partial charge < -0.3 is 24.0 Å². The highest BCUT2D eigenvalue weighted by Gasteiger charge is 1.87. The number of halogens is 1. The fourth-order valence-corrected chi connectivity index (χ4v) is 0.649. The Kier molecular flexibility index (Phi) is 4.27. The molecule has 0 N–H and O–H groups in total. The van der Waals surface area contributed by atoms with Gasteiger partial charge in [-0.3, -0.25) is 0 Å². The van der Waals surface area contributed by atoms with Gasteiger partial charge in [-0.2, -0.15) is 0 Å². The molecule has 54 valence electrons. The molecular formula is C8H10IN. The molecule has 1 rings (SSSR count). The van der Waals surface area contributed by atoms with Crippen LogP contribution in [0.5, 0.6) is 0 Å². The summed E-state index contributed by atoms with van der Waals surface area (Å²) in [5.41, 5.74) is 1.16. The van der Waals surface area contributed by atoms with Gasteiger partial charge in [0.1, 0.15) is 7.05 Å². The van der Waals surface area contributed by atoms with E-state index in [1.54, 1.807) is 0 Å². The minimum Gasteiger partial charge on any atom is -1.00 e. The first kappa shape index (κ1) is 9.62. The van der Waals surface area contributed by atoms with Gasteiger partial charge in [0, 0.05) is 12.1 Å². The van der Waals surface area contributed by atoms with Gasteiger partial charge in [0.2, 0.25) is 0 Å². The van der Waals surface area contributed by atoms with E-state index < -0.39 is 0 Å². The third-order valence-electron chi connectivity index (χ3n) is 1.24. The van der Waals surface area contributed by atoms with Crippen molar-refractivity contribution in [2.75, 3.05) is 0 Å². The van der Waals surface area contributed by atoms with Gasteiger partial charge in [-0.1, -0.05) is 12.7 Å². The Labute approximate surface area is 78.4 Å². The monoisotopic (exact) mass is 247 g/mol. The van der Waals surface area contributed by atoms with E-state index in [0.29, 0.717) is 0 Å². The van der Waals surface area contributed by atoms with E-state index >= 15 is 0 Å². The molecule has 0 amide bonds. The normalized spacial score (nSPS) is 8.10. The summed E-state index contributed by atoms with van der Waals surface area (Å²) < 4.78 is 1.99. The second-order valence-electron chi connectivity index (χ2n) is 2.00. The summed E-state index contributed by atoms with van der Waals surface area (Å²) in [5, 5.41) is 0. The quantitative estimate of drug-likeness (QED) is 0.405. The van der Waals surface area contributed by atoms with E-state index in [2.05, 4.69) is 6.58 Å². The summed E-state index contributed by atoms with van der Waals surface area (Å²) in [5.74, 6) is 0. The molecule has 0 saturated carbocycles. The second kappa shape index (κ2) is 4.44. The fraction of sp³-hybridized carbons (Fsp3) is 0.125. The zero-order chi connectivity index (χ0) is 6.69. The molecule has 0 bridgehead atoms. The number of aromatic nitrogens is 1. The summed E-state index contributed by atoms with van der Waals surface area (Å²) >= 11 is 0. The van der Waals surface area contributed by atoms with Gasteiger partial charge >= 0.3 is 0 Å². The zero-order valence-electron chi connectivity index (χ0n) is 5.92. The van der Waals surface area contributed by atoms with Gasteiger partial charge in [0.05, 0.1) is 0 Å². The Morgan fingerprint density at radius 2 is 1.90 bits per heavy atom. The van der Waals surface area contributed by atoms with Gasteiger partial charge in [-0.05, 0) is 5.56 Å². The molecule has 1 aromatic heterocycles. The first-order valence-electron chi connectivity index (χ1n) is 2.90. The smallest absolute Gasteiger partial charge is 0.169 e. The van der Waals surface area contributed by atoms with E-state index in [1.807, 2.05) is 42.2 Å². The molecule has 1 heterocycles. The molecule has 0 radical (unpaired) electrons. The van der Waals surface area contributed by atoms with Crippen LogP contribution >= 0.6 is 0 Å². The van der Waals surface area contributed by atoms with Crippen molar-refractivity contribution < 1.29 is 28.5 Å².